The van der Waals surface area contributed by atoms with Gasteiger partial charge in [-0.05, 0) is 48.4 Å². The van der Waals surface area contributed by atoms with Gasteiger partial charge in [-0.15, -0.1) is 0 Å². The minimum Gasteiger partial charge on any atom is -0.493 e. The van der Waals surface area contributed by atoms with Crippen LogP contribution in [-0.2, 0) is 6.61 Å². The highest BCUT2D eigenvalue weighted by Crippen LogP contribution is 2.45. The van der Waals surface area contributed by atoms with Crippen molar-refractivity contribution in [1.29, 1.82) is 5.26 Å². The summed E-state index contributed by atoms with van der Waals surface area (Å²) in [5, 5.41) is 9.93. The summed E-state index contributed by atoms with van der Waals surface area (Å²) in [7, 11) is 1.50. The molecule has 200 valence electrons. The number of benzene rings is 4. The Morgan fingerprint density at radius 1 is 1.02 bits per heavy atom. The molecule has 8 heteroatoms. The Bertz CT molecular complexity index is 1670. The predicted octanol–water partition coefficient (Wildman–Crippen LogP) is 6.16. The molecule has 2 N–H and O–H groups in total. The lowest BCUT2D eigenvalue weighted by atomic mass is 9.83. The second kappa shape index (κ2) is 11.2. The van der Waals surface area contributed by atoms with E-state index in [1.807, 2.05) is 19.1 Å². The van der Waals surface area contributed by atoms with E-state index in [1.165, 1.54) is 13.2 Å². The first kappa shape index (κ1) is 26.3. The Balaban J connectivity index is 1.45. The van der Waals surface area contributed by atoms with Crippen molar-refractivity contribution in [3.8, 4) is 29.1 Å². The molecule has 0 fully saturated rings. The summed E-state index contributed by atoms with van der Waals surface area (Å²) in [5.41, 5.74) is 9.39. The van der Waals surface area contributed by atoms with Crippen molar-refractivity contribution in [2.24, 2.45) is 5.73 Å². The number of hydrogen-bond acceptors (Lipinski definition) is 7. The molecule has 1 heterocycles. The predicted molar refractivity (Wildman–Crippen MR) is 146 cm³/mol. The van der Waals surface area contributed by atoms with Gasteiger partial charge >= 0.3 is 5.97 Å². The largest absolute Gasteiger partial charge is 0.493 e. The van der Waals surface area contributed by atoms with Crippen LogP contribution in [0.2, 0.25) is 0 Å². The average Bonchev–Trinajstić information content (AvgIpc) is 2.96. The van der Waals surface area contributed by atoms with Crippen molar-refractivity contribution in [3.05, 3.63) is 130 Å². The summed E-state index contributed by atoms with van der Waals surface area (Å²) in [4.78, 5) is 12.7. The number of allylic oxidation sites excluding steroid dienone is 1. The van der Waals surface area contributed by atoms with Gasteiger partial charge in [0.05, 0.1) is 18.6 Å². The molecule has 0 spiro atoms. The zero-order chi connectivity index (χ0) is 28.2. The molecule has 0 radical (unpaired) electrons. The van der Waals surface area contributed by atoms with Gasteiger partial charge in [0, 0.05) is 17.2 Å². The highest BCUT2D eigenvalue weighted by Gasteiger charge is 2.32. The van der Waals surface area contributed by atoms with E-state index in [1.54, 1.807) is 66.7 Å². The summed E-state index contributed by atoms with van der Waals surface area (Å²) in [6.07, 6.45) is 0. The van der Waals surface area contributed by atoms with Crippen LogP contribution < -0.4 is 24.7 Å². The molecule has 0 saturated carbocycles. The van der Waals surface area contributed by atoms with Crippen LogP contribution >= 0.6 is 0 Å². The lowest BCUT2D eigenvalue weighted by molar-refractivity contribution is 0.0733. The summed E-state index contributed by atoms with van der Waals surface area (Å²) in [6.45, 7) is 1.85. The fraction of sp³-hybridized carbons (Fsp3) is 0.125. The van der Waals surface area contributed by atoms with Crippen molar-refractivity contribution in [2.45, 2.75) is 19.4 Å². The number of methoxy groups -OCH3 is 1. The number of rotatable bonds is 7. The van der Waals surface area contributed by atoms with Crippen LogP contribution in [0.1, 0.15) is 38.5 Å². The minimum atomic E-state index is -0.579. The highest BCUT2D eigenvalue weighted by atomic mass is 19.1. The van der Waals surface area contributed by atoms with Gasteiger partial charge in [0.15, 0.2) is 11.5 Å². The maximum Gasteiger partial charge on any atom is 0.343 e. The number of nitrogens with two attached hydrogens (primary N) is 1. The second-order valence-corrected chi connectivity index (χ2v) is 9.12. The van der Waals surface area contributed by atoms with E-state index in [-0.39, 0.29) is 29.6 Å². The van der Waals surface area contributed by atoms with E-state index < -0.39 is 11.9 Å². The van der Waals surface area contributed by atoms with Crippen LogP contribution in [0.15, 0.2) is 96.4 Å². The molecule has 0 saturated heterocycles. The summed E-state index contributed by atoms with van der Waals surface area (Å²) in [5.74, 6) is -0.0471. The van der Waals surface area contributed by atoms with E-state index in [2.05, 4.69) is 6.07 Å². The molecule has 0 aliphatic carbocycles. The normalized spacial score (nSPS) is 14.0. The number of ether oxygens (including phenoxy) is 4. The molecule has 1 aliphatic heterocycles. The van der Waals surface area contributed by atoms with Crippen LogP contribution in [0.3, 0.4) is 0 Å². The summed E-state index contributed by atoms with van der Waals surface area (Å²) in [6, 6.07) is 25.8. The third kappa shape index (κ3) is 5.18. The number of carbonyl (C=O) groups excluding carboxylic acids is 1. The molecule has 7 nitrogen and oxygen atoms in total. The van der Waals surface area contributed by atoms with E-state index in [4.69, 9.17) is 24.7 Å². The highest BCUT2D eigenvalue weighted by molar-refractivity contribution is 5.92. The van der Waals surface area contributed by atoms with Gasteiger partial charge in [0.1, 0.15) is 35.6 Å². The smallest absolute Gasteiger partial charge is 0.343 e. The fourth-order valence-corrected chi connectivity index (χ4v) is 4.56. The molecule has 0 bridgehead atoms. The van der Waals surface area contributed by atoms with Gasteiger partial charge < -0.3 is 24.7 Å². The lowest BCUT2D eigenvalue weighted by Gasteiger charge is -2.27. The molecule has 0 amide bonds. The molecular weight excluding hydrogens is 511 g/mol. The van der Waals surface area contributed by atoms with Crippen molar-refractivity contribution in [2.75, 3.05) is 7.11 Å². The van der Waals surface area contributed by atoms with Gasteiger partial charge in [-0.1, -0.05) is 48.5 Å². The van der Waals surface area contributed by atoms with Gasteiger partial charge in [-0.25, -0.2) is 9.18 Å². The van der Waals surface area contributed by atoms with Crippen LogP contribution in [0.25, 0.3) is 0 Å². The quantitative estimate of drug-likeness (QED) is 0.223. The zero-order valence-corrected chi connectivity index (χ0v) is 21.8. The first-order chi connectivity index (χ1) is 19.4. The number of nitriles is 1. The number of carbonyl (C=O) groups is 1. The molecule has 1 unspecified atom stereocenters. The van der Waals surface area contributed by atoms with Crippen LogP contribution in [-0.4, -0.2) is 13.1 Å². The minimum absolute atomic E-state index is 0.0166. The van der Waals surface area contributed by atoms with Crippen LogP contribution in [0.4, 0.5) is 4.39 Å². The van der Waals surface area contributed by atoms with E-state index in [9.17, 15) is 14.4 Å². The van der Waals surface area contributed by atoms with Gasteiger partial charge in [0.25, 0.3) is 0 Å². The number of esters is 1. The molecule has 4 aromatic carbocycles. The Morgan fingerprint density at radius 2 is 1.80 bits per heavy atom. The van der Waals surface area contributed by atoms with Gasteiger partial charge in [-0.2, -0.15) is 5.26 Å². The van der Waals surface area contributed by atoms with E-state index in [0.29, 0.717) is 39.5 Å². The summed E-state index contributed by atoms with van der Waals surface area (Å²) < 4.78 is 36.8. The van der Waals surface area contributed by atoms with Gasteiger partial charge in [0.2, 0.25) is 5.88 Å². The van der Waals surface area contributed by atoms with Crippen LogP contribution in [0.5, 0.6) is 23.0 Å². The van der Waals surface area contributed by atoms with Crippen molar-refractivity contribution in [1.82, 2.24) is 0 Å². The number of nitrogens with zero attached hydrogens (tertiary/aromatic N) is 1. The molecule has 0 aromatic heterocycles. The molecule has 5 rings (SSSR count). The van der Waals surface area contributed by atoms with Crippen molar-refractivity contribution < 1.29 is 28.1 Å². The summed E-state index contributed by atoms with van der Waals surface area (Å²) >= 11 is 0. The molecule has 1 aliphatic rings. The standard InChI is InChI=1S/C32H25FN2O5/c1-19-7-3-5-9-23(19)32(36)39-22-12-13-24-28(16-22)40-31(35)25(17-34)30(24)20-11-14-27(29(15-20)37-2)38-18-21-8-4-6-10-26(21)33/h3-16,30H,18,35H2,1-2H3. The van der Waals surface area contributed by atoms with Crippen molar-refractivity contribution >= 4 is 5.97 Å². The molecule has 40 heavy (non-hydrogen) atoms. The zero-order valence-electron chi connectivity index (χ0n) is 21.8. The number of hydrogen-bond donors (Lipinski definition) is 1. The monoisotopic (exact) mass is 536 g/mol. The SMILES string of the molecule is COc1cc(C2C(C#N)=C(N)Oc3cc(OC(=O)c4ccccc4C)ccc32)ccc1OCc1ccccc1F. The van der Waals surface area contributed by atoms with E-state index >= 15 is 0 Å². The number of halogens is 1. The maximum absolute atomic E-state index is 14.0. The van der Waals surface area contributed by atoms with Gasteiger partial charge in [-0.3, -0.25) is 0 Å². The van der Waals surface area contributed by atoms with Crippen LogP contribution in [0, 0.1) is 24.1 Å². The first-order valence-corrected chi connectivity index (χ1v) is 12.4. The van der Waals surface area contributed by atoms with E-state index in [0.717, 1.165) is 5.56 Å². The Kier molecular flexibility index (Phi) is 7.38. The molecule has 1 atom stereocenters. The Morgan fingerprint density at radius 3 is 2.55 bits per heavy atom. The topological polar surface area (TPSA) is 104 Å². The second-order valence-electron chi connectivity index (χ2n) is 9.12. The Labute approximate surface area is 230 Å². The van der Waals surface area contributed by atoms with Crippen molar-refractivity contribution in [3.63, 3.8) is 0 Å². The maximum atomic E-state index is 14.0. The Hall–Kier alpha value is -5.29. The first-order valence-electron chi connectivity index (χ1n) is 12.4. The number of fused-ring (bicyclic) bond motifs is 1. The molecular formula is C32H25FN2O5. The molecule has 4 aromatic rings. The third-order valence-electron chi connectivity index (χ3n) is 6.63. The lowest BCUT2D eigenvalue weighted by Crippen LogP contribution is -2.21. The third-order valence-corrected chi connectivity index (χ3v) is 6.63. The fourth-order valence-electron chi connectivity index (χ4n) is 4.56. The average molecular weight is 537 g/mol. The number of aryl methyl sites for hydroxylation is 1.